The number of aliphatic hydroxyl groups excluding tert-OH is 2. The number of aliphatic carboxylic acids is 2. The van der Waals surface area contributed by atoms with Gasteiger partial charge in [-0.25, -0.2) is 4.79 Å². The second-order valence-corrected chi connectivity index (χ2v) is 24.9. The first kappa shape index (κ1) is 79.3. The lowest BCUT2D eigenvalue weighted by Crippen LogP contribution is -2.62. The molecule has 2 fully saturated rings. The highest BCUT2D eigenvalue weighted by atomic mass is 32.2. The van der Waals surface area contributed by atoms with E-state index in [-0.39, 0.29) is 114 Å². The SMILES string of the molecule is CSCC[C@H](NC(=O)[C@H](Cc1ccc(O)cc1)NC(=O)[C@@H]1CCCN1C(=O)[C@H](CCCN=C(N)N)NC(=O)[C@@H](NC(=O)[C@@H]1CCCN1C(=O)[C@H](CO)NC(=O)[C@H](CC(C)C)NC(=O)CNC(=O)[C@H](C)NC(=O)[C@@H](N)CCC(=O)O)[C@@H](C)O)C(=O)N[C@@H](Cc1ccccc1)C(=O)O. The average Bonchev–Trinajstić information content (AvgIpc) is 1.59. The molecule has 34 heteroatoms. The van der Waals surface area contributed by atoms with Crippen molar-refractivity contribution in [1.82, 2.24) is 57.7 Å². The number of amides is 11. The summed E-state index contributed by atoms with van der Waals surface area (Å²) in [4.78, 5) is 182. The van der Waals surface area contributed by atoms with Crippen molar-refractivity contribution >= 4 is 94.6 Å². The number of aliphatic hydroxyl groups is 2. The Hall–Kier alpha value is -9.15. The third-order valence-electron chi connectivity index (χ3n) is 15.8. The number of phenols is 1. The molecule has 0 radical (unpaired) electrons. The Morgan fingerprint density at radius 1 is 0.615 bits per heavy atom. The number of phenolic OH excluding ortho intramolecular Hbond substituents is 1. The molecule has 2 aromatic rings. The second kappa shape index (κ2) is 39.7. The van der Waals surface area contributed by atoms with E-state index < -0.39 is 163 Å². The third-order valence-corrected chi connectivity index (χ3v) is 16.4. The van der Waals surface area contributed by atoms with Gasteiger partial charge in [-0.3, -0.25) is 62.5 Å². The van der Waals surface area contributed by atoms with E-state index in [1.807, 2.05) is 0 Å². The van der Waals surface area contributed by atoms with Gasteiger partial charge in [0.05, 0.1) is 25.3 Å². The van der Waals surface area contributed by atoms with Gasteiger partial charge in [-0.1, -0.05) is 56.3 Å². The molecule has 2 heterocycles. The van der Waals surface area contributed by atoms with Crippen molar-refractivity contribution in [2.24, 2.45) is 28.1 Å². The standard InChI is InChI=1S/C62H93N15O18S/c1-33(2)28-42(69-48(81)31-67-51(84)34(3)68-52(85)39(63)21-22-49(82)83)54(87)74-45(32-78)60(93)77-26-11-16-47(77)57(90)75-50(35(4)79)58(91)71-41(14-9-24-66-62(64)65)59(92)76-25-10-15-46(76)56(89)72-43(29-37-17-19-38(80)20-18-37)55(88)70-40(23-27-96-5)53(86)73-44(61(94)95)30-36-12-7-6-8-13-36/h6-8,12-13,17-20,33-35,39-47,50,78-80H,9-11,14-16,21-32,63H2,1-5H3,(H,67,84)(H,68,85)(H,69,81)(H,70,88)(H,71,91)(H,72,89)(H,73,86)(H,74,87)(H,75,90)(H,82,83)(H,94,95)(H4,64,65,66)/t34-,35+,39-,40-,41-,42-,43-,44-,45-,46-,47-,50-/m0/s1. The number of benzene rings is 2. The van der Waals surface area contributed by atoms with Crippen LogP contribution in [0.4, 0.5) is 0 Å². The zero-order valence-corrected chi connectivity index (χ0v) is 55.3. The molecule has 0 bridgehead atoms. The molecule has 2 aliphatic heterocycles. The van der Waals surface area contributed by atoms with Crippen LogP contribution in [0.25, 0.3) is 0 Å². The molecule has 11 amide bonds. The summed E-state index contributed by atoms with van der Waals surface area (Å²) in [5.41, 5.74) is 17.9. The minimum absolute atomic E-state index is 0.0107. The van der Waals surface area contributed by atoms with E-state index in [0.717, 1.165) is 4.90 Å². The number of carbonyl (C=O) groups excluding carboxylic acids is 11. The minimum Gasteiger partial charge on any atom is -0.508 e. The van der Waals surface area contributed by atoms with Crippen LogP contribution in [0.15, 0.2) is 59.6 Å². The molecule has 0 spiro atoms. The summed E-state index contributed by atoms with van der Waals surface area (Å²) >= 11 is 1.37. The first-order valence-electron chi connectivity index (χ1n) is 31.6. The first-order chi connectivity index (χ1) is 45.4. The van der Waals surface area contributed by atoms with Gasteiger partial charge in [0.2, 0.25) is 65.0 Å². The van der Waals surface area contributed by atoms with Crippen LogP contribution >= 0.6 is 11.8 Å². The lowest BCUT2D eigenvalue weighted by atomic mass is 10.0. The fourth-order valence-corrected chi connectivity index (χ4v) is 11.1. The Bertz CT molecular complexity index is 3050. The van der Waals surface area contributed by atoms with Crippen LogP contribution in [0.2, 0.25) is 0 Å². The van der Waals surface area contributed by atoms with Crippen molar-refractivity contribution in [2.75, 3.05) is 44.8 Å². The van der Waals surface area contributed by atoms with E-state index in [2.05, 4.69) is 52.8 Å². The largest absolute Gasteiger partial charge is 0.508 e. The Labute approximate surface area is 559 Å². The highest BCUT2D eigenvalue weighted by molar-refractivity contribution is 7.98. The number of carboxylic acid groups (broad SMARTS) is 2. The number of nitrogens with two attached hydrogens (primary N) is 3. The fourth-order valence-electron chi connectivity index (χ4n) is 10.7. The van der Waals surface area contributed by atoms with Gasteiger partial charge in [0, 0.05) is 38.9 Å². The lowest BCUT2D eigenvalue weighted by molar-refractivity contribution is -0.144. The molecule has 20 N–H and O–H groups in total. The van der Waals surface area contributed by atoms with Gasteiger partial charge in [0.25, 0.3) is 0 Å². The van der Waals surface area contributed by atoms with Gasteiger partial charge in [-0.05, 0) is 113 Å². The summed E-state index contributed by atoms with van der Waals surface area (Å²) in [7, 11) is 0. The van der Waals surface area contributed by atoms with Gasteiger partial charge in [0.15, 0.2) is 5.96 Å². The molecule has 0 aliphatic carbocycles. The number of carbonyl (C=O) groups is 13. The molecule has 4 rings (SSSR count). The molecule has 0 unspecified atom stereocenters. The van der Waals surface area contributed by atoms with Gasteiger partial charge in [-0.2, -0.15) is 11.8 Å². The van der Waals surface area contributed by atoms with Crippen molar-refractivity contribution in [1.29, 1.82) is 0 Å². The van der Waals surface area contributed by atoms with Crippen molar-refractivity contribution in [2.45, 2.75) is 177 Å². The van der Waals surface area contributed by atoms with E-state index in [9.17, 15) is 82.8 Å². The highest BCUT2D eigenvalue weighted by Crippen LogP contribution is 2.23. The Morgan fingerprint density at radius 2 is 1.16 bits per heavy atom. The van der Waals surface area contributed by atoms with Crippen LogP contribution in [-0.2, 0) is 75.2 Å². The molecule has 96 heavy (non-hydrogen) atoms. The predicted molar refractivity (Wildman–Crippen MR) is 349 cm³/mol. The summed E-state index contributed by atoms with van der Waals surface area (Å²) in [6, 6.07) is -0.924. The summed E-state index contributed by atoms with van der Waals surface area (Å²) in [6.07, 6.45) is -0.0778. The highest BCUT2D eigenvalue weighted by Gasteiger charge is 2.43. The Morgan fingerprint density at radius 3 is 1.72 bits per heavy atom. The number of thioether (sulfide) groups is 1. The van der Waals surface area contributed by atoms with E-state index in [0.29, 0.717) is 16.9 Å². The number of carboxylic acids is 2. The smallest absolute Gasteiger partial charge is 0.326 e. The normalized spacial score (nSPS) is 17.4. The number of hydrogen-bond donors (Lipinski definition) is 17. The van der Waals surface area contributed by atoms with Crippen LogP contribution in [0.3, 0.4) is 0 Å². The van der Waals surface area contributed by atoms with Crippen molar-refractivity contribution in [3.8, 4) is 5.75 Å². The summed E-state index contributed by atoms with van der Waals surface area (Å²) in [5, 5.41) is 73.1. The van der Waals surface area contributed by atoms with Gasteiger partial charge < -0.3 is 100 Å². The molecule has 530 valence electrons. The van der Waals surface area contributed by atoms with Crippen LogP contribution in [0.5, 0.6) is 5.75 Å². The summed E-state index contributed by atoms with van der Waals surface area (Å²) < 4.78 is 0. The zero-order chi connectivity index (χ0) is 71.3. The Balaban J connectivity index is 1.49. The minimum atomic E-state index is -1.78. The molecular weight excluding hydrogens is 1270 g/mol. The second-order valence-electron chi connectivity index (χ2n) is 24.0. The molecule has 0 saturated carbocycles. The third kappa shape index (κ3) is 25.9. The molecule has 33 nitrogen and oxygen atoms in total. The number of nitrogens with one attached hydrogen (secondary N) is 9. The maximum Gasteiger partial charge on any atom is 0.326 e. The average molecular weight is 1370 g/mol. The number of rotatable bonds is 39. The van der Waals surface area contributed by atoms with Gasteiger partial charge in [0.1, 0.15) is 66.2 Å². The van der Waals surface area contributed by atoms with Crippen LogP contribution < -0.4 is 65.1 Å². The number of guanidine groups is 1. The van der Waals surface area contributed by atoms with Crippen LogP contribution in [0, 0.1) is 5.92 Å². The lowest BCUT2D eigenvalue weighted by Gasteiger charge is -2.32. The Kier molecular flexibility index (Phi) is 32.7. The topological polar surface area (TPSA) is 528 Å². The summed E-state index contributed by atoms with van der Waals surface area (Å²) in [6.45, 7) is 4.20. The molecule has 2 aromatic carbocycles. The summed E-state index contributed by atoms with van der Waals surface area (Å²) in [5.74, 6) is -12.2. The van der Waals surface area contributed by atoms with Crippen molar-refractivity contribution < 1.29 is 87.9 Å². The molecular formula is C62H93N15O18S. The molecule has 0 aromatic heterocycles. The zero-order valence-electron chi connectivity index (χ0n) is 54.5. The number of nitrogens with zero attached hydrogens (tertiary/aromatic N) is 3. The monoisotopic (exact) mass is 1370 g/mol. The number of aliphatic imine (C=N–C) groups is 1. The van der Waals surface area contributed by atoms with E-state index in [4.69, 9.17) is 22.3 Å². The molecule has 2 saturated heterocycles. The predicted octanol–water partition coefficient (Wildman–Crippen LogP) is -4.32. The van der Waals surface area contributed by atoms with E-state index in [1.54, 1.807) is 50.4 Å². The first-order valence-corrected chi connectivity index (χ1v) is 33.0. The quantitative estimate of drug-likeness (QED) is 0.0171. The number of hydrogen-bond acceptors (Lipinski definition) is 19. The number of likely N-dealkylation sites (tertiary alicyclic amines) is 2. The molecule has 12 atom stereocenters. The fraction of sp³-hybridized carbons (Fsp3) is 0.581. The van der Waals surface area contributed by atoms with Gasteiger partial charge >= 0.3 is 11.9 Å². The number of aromatic hydroxyl groups is 1. The maximum atomic E-state index is 14.8. The maximum absolute atomic E-state index is 14.8. The van der Waals surface area contributed by atoms with E-state index in [1.165, 1.54) is 54.8 Å². The van der Waals surface area contributed by atoms with Crippen LogP contribution in [0.1, 0.15) is 103 Å². The van der Waals surface area contributed by atoms with Crippen molar-refractivity contribution in [3.63, 3.8) is 0 Å². The molecule has 2 aliphatic rings. The van der Waals surface area contributed by atoms with Gasteiger partial charge in [-0.15, -0.1) is 0 Å². The van der Waals surface area contributed by atoms with E-state index >= 15 is 0 Å². The van der Waals surface area contributed by atoms with Crippen molar-refractivity contribution in [3.05, 3.63) is 65.7 Å². The van der Waals surface area contributed by atoms with Crippen LogP contribution in [-0.4, -0.2) is 236 Å².